The summed E-state index contributed by atoms with van der Waals surface area (Å²) in [5, 5.41) is 0. The van der Waals surface area contributed by atoms with E-state index in [1.807, 2.05) is 24.3 Å². The normalized spacial score (nSPS) is 16.3. The first-order valence-corrected chi connectivity index (χ1v) is 7.56. The number of rotatable bonds is 7. The highest BCUT2D eigenvalue weighted by Gasteiger charge is 2.38. The monoisotopic (exact) mass is 329 g/mol. The second-order valence-electron chi connectivity index (χ2n) is 5.26. The Kier molecular flexibility index (Phi) is 4.74. The first-order valence-electron chi connectivity index (χ1n) is 7.56. The lowest BCUT2D eigenvalue weighted by atomic mass is 10.2. The van der Waals surface area contributed by atoms with Crippen LogP contribution in [0.4, 0.5) is 0 Å². The maximum Gasteiger partial charge on any atom is 0.233 e. The molecule has 1 saturated heterocycles. The molecule has 0 aromatic heterocycles. The molecule has 126 valence electrons. The van der Waals surface area contributed by atoms with Crippen molar-refractivity contribution in [2.24, 2.45) is 0 Å². The molecule has 24 heavy (non-hydrogen) atoms. The van der Waals surface area contributed by atoms with E-state index in [1.54, 1.807) is 43.4 Å². The molecule has 0 N–H and O–H groups in total. The van der Waals surface area contributed by atoms with E-state index < -0.39 is 0 Å². The minimum Gasteiger partial charge on any atom is -0.497 e. The van der Waals surface area contributed by atoms with Gasteiger partial charge in [-0.25, -0.2) is 0 Å². The third-order valence-electron chi connectivity index (χ3n) is 3.78. The van der Waals surface area contributed by atoms with Crippen LogP contribution >= 0.6 is 0 Å². The molecule has 3 rings (SSSR count). The zero-order valence-electron chi connectivity index (χ0n) is 13.6. The van der Waals surface area contributed by atoms with Gasteiger partial charge in [0, 0.05) is 0 Å². The molecule has 0 spiro atoms. The molecule has 1 aliphatic rings. The molecule has 6 nitrogen and oxygen atoms in total. The van der Waals surface area contributed by atoms with E-state index in [0.29, 0.717) is 17.9 Å². The van der Waals surface area contributed by atoms with Crippen LogP contribution in [0.15, 0.2) is 48.5 Å². The summed E-state index contributed by atoms with van der Waals surface area (Å²) in [6.45, 7) is 0.145. The summed E-state index contributed by atoms with van der Waals surface area (Å²) in [7, 11) is 3.22. The highest BCUT2D eigenvalue weighted by Crippen LogP contribution is 2.26. The van der Waals surface area contributed by atoms with Gasteiger partial charge in [-0.2, -0.15) is 0 Å². The van der Waals surface area contributed by atoms with Crippen molar-refractivity contribution in [2.75, 3.05) is 21.0 Å². The summed E-state index contributed by atoms with van der Waals surface area (Å²) in [5.74, 6) is 2.86. The van der Waals surface area contributed by atoms with E-state index in [9.17, 15) is 4.79 Å². The zero-order valence-corrected chi connectivity index (χ0v) is 13.6. The van der Waals surface area contributed by atoms with Gasteiger partial charge in [0.15, 0.2) is 13.0 Å². The summed E-state index contributed by atoms with van der Waals surface area (Å²) >= 11 is 0. The summed E-state index contributed by atoms with van der Waals surface area (Å²) in [5.41, 5.74) is 0. The van der Waals surface area contributed by atoms with Gasteiger partial charge < -0.3 is 18.9 Å². The number of hydrogen-bond acceptors (Lipinski definition) is 5. The van der Waals surface area contributed by atoms with Crippen molar-refractivity contribution in [2.45, 2.75) is 12.6 Å². The van der Waals surface area contributed by atoms with Gasteiger partial charge in [-0.1, -0.05) is 0 Å². The number of likely N-dealkylation sites (tertiary alicyclic amines) is 1. The summed E-state index contributed by atoms with van der Waals surface area (Å²) in [4.78, 5) is 13.3. The van der Waals surface area contributed by atoms with Crippen LogP contribution in [0.1, 0.15) is 6.42 Å². The lowest BCUT2D eigenvalue weighted by Gasteiger charge is -2.39. The zero-order chi connectivity index (χ0) is 16.9. The number of β-lactam (4-membered cyclic amide) rings is 1. The molecule has 0 saturated carbocycles. The number of carbonyl (C=O) groups is 1. The molecule has 1 atom stereocenters. The number of amides is 1. The quantitative estimate of drug-likeness (QED) is 0.731. The Morgan fingerprint density at radius 3 is 1.88 bits per heavy atom. The van der Waals surface area contributed by atoms with Crippen LogP contribution in [0, 0.1) is 0 Å². The number of carbonyl (C=O) groups excluding carboxylic acids is 1. The van der Waals surface area contributed by atoms with Crippen molar-refractivity contribution in [1.82, 2.24) is 4.90 Å². The van der Waals surface area contributed by atoms with Crippen molar-refractivity contribution >= 4 is 5.91 Å². The molecule has 0 bridgehead atoms. The SMILES string of the molecule is COc1ccc(OCN2C(=O)CC2Oc2ccc(OC)cc2)cc1. The Morgan fingerprint density at radius 1 is 0.875 bits per heavy atom. The molecule has 0 aliphatic carbocycles. The second-order valence-corrected chi connectivity index (χ2v) is 5.26. The van der Waals surface area contributed by atoms with Gasteiger partial charge in [-0.15, -0.1) is 0 Å². The Bertz CT molecular complexity index is 684. The third kappa shape index (κ3) is 3.53. The highest BCUT2D eigenvalue weighted by atomic mass is 16.5. The Morgan fingerprint density at radius 2 is 1.38 bits per heavy atom. The minimum atomic E-state index is -0.316. The molecule has 1 heterocycles. The first kappa shape index (κ1) is 16.0. The van der Waals surface area contributed by atoms with Crippen LogP contribution in [0.25, 0.3) is 0 Å². The van der Waals surface area contributed by atoms with E-state index in [-0.39, 0.29) is 18.9 Å². The lowest BCUT2D eigenvalue weighted by molar-refractivity contribution is -0.167. The highest BCUT2D eigenvalue weighted by molar-refractivity contribution is 5.82. The molecule has 6 heteroatoms. The van der Waals surface area contributed by atoms with Crippen LogP contribution in [-0.4, -0.2) is 38.0 Å². The predicted molar refractivity (Wildman–Crippen MR) is 87.4 cm³/mol. The molecule has 2 aromatic carbocycles. The van der Waals surface area contributed by atoms with Crippen LogP contribution in [-0.2, 0) is 4.79 Å². The Labute approximate surface area is 140 Å². The topological polar surface area (TPSA) is 57.2 Å². The maximum absolute atomic E-state index is 11.8. The molecule has 0 radical (unpaired) electrons. The van der Waals surface area contributed by atoms with Crippen LogP contribution in [0.3, 0.4) is 0 Å². The van der Waals surface area contributed by atoms with Gasteiger partial charge in [-0.3, -0.25) is 9.69 Å². The summed E-state index contributed by atoms with van der Waals surface area (Å²) in [6.07, 6.45) is 0.0296. The smallest absolute Gasteiger partial charge is 0.233 e. The van der Waals surface area contributed by atoms with Crippen LogP contribution in [0.5, 0.6) is 23.0 Å². The van der Waals surface area contributed by atoms with Crippen molar-refractivity contribution < 1.29 is 23.7 Å². The number of methoxy groups -OCH3 is 2. The van der Waals surface area contributed by atoms with E-state index in [1.165, 1.54) is 0 Å². The van der Waals surface area contributed by atoms with Gasteiger partial charge in [0.2, 0.25) is 5.91 Å². The molecule has 1 fully saturated rings. The summed E-state index contributed by atoms with van der Waals surface area (Å²) in [6, 6.07) is 14.4. The van der Waals surface area contributed by atoms with E-state index in [2.05, 4.69) is 0 Å². The lowest BCUT2D eigenvalue weighted by Crippen LogP contribution is -2.56. The van der Waals surface area contributed by atoms with Gasteiger partial charge in [0.1, 0.15) is 23.0 Å². The van der Waals surface area contributed by atoms with Crippen molar-refractivity contribution in [3.05, 3.63) is 48.5 Å². The number of benzene rings is 2. The number of ether oxygens (including phenoxy) is 4. The van der Waals surface area contributed by atoms with E-state index in [0.717, 1.165) is 11.5 Å². The molecular weight excluding hydrogens is 310 g/mol. The van der Waals surface area contributed by atoms with Gasteiger partial charge in [-0.05, 0) is 48.5 Å². The van der Waals surface area contributed by atoms with Crippen LogP contribution in [0.2, 0.25) is 0 Å². The number of nitrogens with zero attached hydrogens (tertiary/aromatic N) is 1. The molecule has 2 aromatic rings. The van der Waals surface area contributed by atoms with Crippen molar-refractivity contribution in [3.63, 3.8) is 0 Å². The van der Waals surface area contributed by atoms with Crippen LogP contribution < -0.4 is 18.9 Å². The largest absolute Gasteiger partial charge is 0.497 e. The fourth-order valence-corrected chi connectivity index (χ4v) is 2.31. The first-order chi connectivity index (χ1) is 11.7. The predicted octanol–water partition coefficient (Wildman–Crippen LogP) is 2.68. The fourth-order valence-electron chi connectivity index (χ4n) is 2.31. The van der Waals surface area contributed by atoms with E-state index >= 15 is 0 Å². The minimum absolute atomic E-state index is 0.00187. The second kappa shape index (κ2) is 7.12. The van der Waals surface area contributed by atoms with E-state index in [4.69, 9.17) is 18.9 Å². The maximum atomic E-state index is 11.8. The Balaban J connectivity index is 1.54. The van der Waals surface area contributed by atoms with Crippen molar-refractivity contribution in [3.8, 4) is 23.0 Å². The van der Waals surface area contributed by atoms with Gasteiger partial charge in [0.05, 0.1) is 20.6 Å². The molecule has 1 unspecified atom stereocenters. The molecular formula is C18H19NO5. The summed E-state index contributed by atoms with van der Waals surface area (Å²) < 4.78 is 21.6. The molecule has 1 amide bonds. The average molecular weight is 329 g/mol. The molecule has 1 aliphatic heterocycles. The standard InChI is InChI=1S/C18H19NO5/c1-21-13-3-7-15(8-4-13)23-12-19-17(20)11-18(19)24-16-9-5-14(22-2)6-10-16/h3-10,18H,11-12H2,1-2H3. The van der Waals surface area contributed by atoms with Gasteiger partial charge >= 0.3 is 0 Å². The number of hydrogen-bond donors (Lipinski definition) is 0. The van der Waals surface area contributed by atoms with Gasteiger partial charge in [0.25, 0.3) is 0 Å². The average Bonchev–Trinajstić information content (AvgIpc) is 2.62. The Hall–Kier alpha value is -2.89. The fraction of sp³-hybridized carbons (Fsp3) is 0.278. The van der Waals surface area contributed by atoms with Crippen molar-refractivity contribution in [1.29, 1.82) is 0 Å². The third-order valence-corrected chi connectivity index (χ3v) is 3.78.